The fourth-order valence-electron chi connectivity index (χ4n) is 3.01. The maximum Gasteiger partial charge on any atom is 0.252 e. The summed E-state index contributed by atoms with van der Waals surface area (Å²) in [6.07, 6.45) is 4.24. The van der Waals surface area contributed by atoms with Crippen LogP contribution in [0.4, 0.5) is 0 Å². The minimum absolute atomic E-state index is 0.201. The maximum atomic E-state index is 12.6. The number of nitrogens with one attached hydrogen (secondary N) is 1. The molecule has 6 nitrogen and oxygen atoms in total. The SMILES string of the molecule is O=C(NCC1CCN(S(=O)(=O)c2cccnc2)CC1)c1cc(Cl)ccc1Cl. The molecule has 0 aliphatic carbocycles. The van der Waals surface area contributed by atoms with Crippen LogP contribution in [0.1, 0.15) is 23.2 Å². The quantitative estimate of drug-likeness (QED) is 0.793. The number of hydrogen-bond acceptors (Lipinski definition) is 4. The molecule has 3 rings (SSSR count). The van der Waals surface area contributed by atoms with E-state index in [1.165, 1.54) is 16.6 Å². The third kappa shape index (κ3) is 4.79. The monoisotopic (exact) mass is 427 g/mol. The lowest BCUT2D eigenvalue weighted by atomic mass is 9.98. The molecule has 1 aromatic heterocycles. The Morgan fingerprint density at radius 1 is 1.22 bits per heavy atom. The minimum Gasteiger partial charge on any atom is -0.352 e. The molecule has 1 aromatic carbocycles. The Bertz CT molecular complexity index is 915. The lowest BCUT2D eigenvalue weighted by Gasteiger charge is -2.31. The van der Waals surface area contributed by atoms with Crippen LogP contribution < -0.4 is 5.32 Å². The van der Waals surface area contributed by atoms with E-state index in [0.29, 0.717) is 48.1 Å². The van der Waals surface area contributed by atoms with Crippen molar-refractivity contribution in [2.24, 2.45) is 5.92 Å². The highest BCUT2D eigenvalue weighted by atomic mass is 35.5. The highest BCUT2D eigenvalue weighted by Crippen LogP contribution is 2.24. The molecule has 1 amide bonds. The van der Waals surface area contributed by atoms with Gasteiger partial charge in [0.2, 0.25) is 10.0 Å². The summed E-state index contributed by atoms with van der Waals surface area (Å²) in [4.78, 5) is 16.4. The largest absolute Gasteiger partial charge is 0.352 e. The molecule has 2 aromatic rings. The number of pyridine rings is 1. The summed E-state index contributed by atoms with van der Waals surface area (Å²) in [5.74, 6) is -0.0832. The second-order valence-corrected chi connectivity index (χ2v) is 9.15. The third-order valence-corrected chi connectivity index (χ3v) is 7.02. The molecule has 1 aliphatic rings. The zero-order valence-electron chi connectivity index (χ0n) is 14.4. The van der Waals surface area contributed by atoms with Gasteiger partial charge in [-0.2, -0.15) is 4.31 Å². The number of halogens is 2. The molecule has 27 heavy (non-hydrogen) atoms. The van der Waals surface area contributed by atoms with E-state index in [9.17, 15) is 13.2 Å². The summed E-state index contributed by atoms with van der Waals surface area (Å²) in [6, 6.07) is 7.89. The van der Waals surface area contributed by atoms with Gasteiger partial charge in [-0.25, -0.2) is 8.42 Å². The van der Waals surface area contributed by atoms with Crippen molar-refractivity contribution < 1.29 is 13.2 Å². The third-order valence-electron chi connectivity index (χ3n) is 4.57. The van der Waals surface area contributed by atoms with Gasteiger partial charge >= 0.3 is 0 Å². The summed E-state index contributed by atoms with van der Waals surface area (Å²) < 4.78 is 26.7. The second kappa shape index (κ2) is 8.56. The van der Waals surface area contributed by atoms with E-state index >= 15 is 0 Å². The number of carbonyl (C=O) groups excluding carboxylic acids is 1. The topological polar surface area (TPSA) is 79.4 Å². The first-order valence-electron chi connectivity index (χ1n) is 8.51. The molecular formula is C18H19Cl2N3O3S. The van der Waals surface area contributed by atoms with Crippen molar-refractivity contribution in [3.8, 4) is 0 Å². The van der Waals surface area contributed by atoms with Crippen LogP contribution in [0.5, 0.6) is 0 Å². The molecule has 144 valence electrons. The number of benzene rings is 1. The van der Waals surface area contributed by atoms with E-state index in [1.807, 2.05) is 0 Å². The Balaban J connectivity index is 1.54. The Hall–Kier alpha value is -1.67. The number of hydrogen-bond donors (Lipinski definition) is 1. The number of sulfonamides is 1. The lowest BCUT2D eigenvalue weighted by molar-refractivity contribution is 0.0941. The van der Waals surface area contributed by atoms with Crippen molar-refractivity contribution in [3.63, 3.8) is 0 Å². The molecule has 2 heterocycles. The molecule has 1 saturated heterocycles. The van der Waals surface area contributed by atoms with Crippen LogP contribution in [-0.4, -0.2) is 43.2 Å². The van der Waals surface area contributed by atoms with Gasteiger partial charge in [0.25, 0.3) is 5.91 Å². The first-order valence-corrected chi connectivity index (χ1v) is 10.7. The highest BCUT2D eigenvalue weighted by molar-refractivity contribution is 7.89. The van der Waals surface area contributed by atoms with E-state index in [0.717, 1.165) is 0 Å². The Morgan fingerprint density at radius 2 is 1.96 bits per heavy atom. The van der Waals surface area contributed by atoms with Crippen LogP contribution in [-0.2, 0) is 10.0 Å². The van der Waals surface area contributed by atoms with E-state index in [2.05, 4.69) is 10.3 Å². The second-order valence-electron chi connectivity index (χ2n) is 6.37. The van der Waals surface area contributed by atoms with E-state index in [-0.39, 0.29) is 16.7 Å². The van der Waals surface area contributed by atoms with Gasteiger partial charge in [0, 0.05) is 37.1 Å². The molecule has 0 bridgehead atoms. The smallest absolute Gasteiger partial charge is 0.252 e. The standard InChI is InChI=1S/C18H19Cl2N3O3S/c19-14-3-4-17(20)16(10-14)18(24)22-11-13-5-8-23(9-6-13)27(25,26)15-2-1-7-21-12-15/h1-4,7,10,12-13H,5-6,8-9,11H2,(H,22,24). The zero-order chi connectivity index (χ0) is 19.4. The zero-order valence-corrected chi connectivity index (χ0v) is 16.8. The molecule has 0 saturated carbocycles. The van der Waals surface area contributed by atoms with Crippen molar-refractivity contribution in [2.45, 2.75) is 17.7 Å². The van der Waals surface area contributed by atoms with Crippen molar-refractivity contribution in [2.75, 3.05) is 19.6 Å². The fraction of sp³-hybridized carbons (Fsp3) is 0.333. The van der Waals surface area contributed by atoms with Crippen LogP contribution in [0.15, 0.2) is 47.6 Å². The summed E-state index contributed by atoms with van der Waals surface area (Å²) in [5, 5.41) is 3.65. The summed E-state index contributed by atoms with van der Waals surface area (Å²) in [5.41, 5.74) is 0.334. The van der Waals surface area contributed by atoms with Crippen molar-refractivity contribution in [1.82, 2.24) is 14.6 Å². The van der Waals surface area contributed by atoms with Crippen LogP contribution in [0.3, 0.4) is 0 Å². The van der Waals surface area contributed by atoms with Crippen molar-refractivity contribution in [3.05, 3.63) is 58.3 Å². The molecule has 0 atom stereocenters. The van der Waals surface area contributed by atoms with Gasteiger partial charge in [-0.15, -0.1) is 0 Å². The molecule has 0 spiro atoms. The number of rotatable bonds is 5. The highest BCUT2D eigenvalue weighted by Gasteiger charge is 2.29. The van der Waals surface area contributed by atoms with E-state index in [1.54, 1.807) is 30.5 Å². The number of carbonyl (C=O) groups is 1. The molecular weight excluding hydrogens is 409 g/mol. The van der Waals surface area contributed by atoms with Crippen molar-refractivity contribution in [1.29, 1.82) is 0 Å². The van der Waals surface area contributed by atoms with E-state index in [4.69, 9.17) is 23.2 Å². The molecule has 9 heteroatoms. The molecule has 1 aliphatic heterocycles. The Kier molecular flexibility index (Phi) is 6.37. The predicted molar refractivity (Wildman–Crippen MR) is 105 cm³/mol. The van der Waals surface area contributed by atoms with Gasteiger partial charge in [-0.1, -0.05) is 23.2 Å². The van der Waals surface area contributed by atoms with Gasteiger partial charge < -0.3 is 5.32 Å². The van der Waals surface area contributed by atoms with Gasteiger partial charge in [0.15, 0.2) is 0 Å². The molecule has 0 radical (unpaired) electrons. The summed E-state index contributed by atoms with van der Waals surface area (Å²) in [6.45, 7) is 1.29. The normalized spacial score (nSPS) is 16.2. The first-order chi connectivity index (χ1) is 12.9. The van der Waals surface area contributed by atoms with Crippen molar-refractivity contribution >= 4 is 39.1 Å². The lowest BCUT2D eigenvalue weighted by Crippen LogP contribution is -2.41. The number of piperidine rings is 1. The average molecular weight is 428 g/mol. The Morgan fingerprint density at radius 3 is 2.63 bits per heavy atom. The van der Waals surface area contributed by atoms with Crippen LogP contribution in [0.25, 0.3) is 0 Å². The molecule has 1 N–H and O–H groups in total. The average Bonchev–Trinajstić information content (AvgIpc) is 2.69. The first kappa shape index (κ1) is 20.1. The number of nitrogens with zero attached hydrogens (tertiary/aromatic N) is 2. The fourth-order valence-corrected chi connectivity index (χ4v) is 4.82. The summed E-state index contributed by atoms with van der Waals surface area (Å²) >= 11 is 12.0. The minimum atomic E-state index is -3.52. The van der Waals surface area contributed by atoms with Crippen LogP contribution in [0, 0.1) is 5.92 Å². The Labute approximate surface area is 168 Å². The van der Waals surface area contributed by atoms with E-state index < -0.39 is 10.0 Å². The number of amides is 1. The molecule has 0 unspecified atom stereocenters. The van der Waals surface area contributed by atoms with Crippen LogP contribution in [0.2, 0.25) is 10.0 Å². The van der Waals surface area contributed by atoms with Gasteiger partial charge in [-0.3, -0.25) is 9.78 Å². The van der Waals surface area contributed by atoms with Crippen LogP contribution >= 0.6 is 23.2 Å². The van der Waals surface area contributed by atoms with Gasteiger partial charge in [0.1, 0.15) is 4.90 Å². The van der Waals surface area contributed by atoms with Gasteiger partial charge in [-0.05, 0) is 49.1 Å². The summed E-state index contributed by atoms with van der Waals surface area (Å²) in [7, 11) is -3.52. The predicted octanol–water partition coefficient (Wildman–Crippen LogP) is 3.22. The number of aromatic nitrogens is 1. The van der Waals surface area contributed by atoms with Gasteiger partial charge in [0.05, 0.1) is 10.6 Å². The maximum absolute atomic E-state index is 12.6. The molecule has 1 fully saturated rings.